The van der Waals surface area contributed by atoms with Gasteiger partial charge in [-0.05, 0) is 55.3 Å². The highest BCUT2D eigenvalue weighted by Gasteiger charge is 2.14. The van der Waals surface area contributed by atoms with Gasteiger partial charge in [0.2, 0.25) is 0 Å². The minimum absolute atomic E-state index is 0.159. The highest BCUT2D eigenvalue weighted by Crippen LogP contribution is 2.26. The standard InChI is InChI=1S/C22H14F2N2O2S/c1-11-7-12(2)20-17(8-11)26-21(27)19(29-22(26)25-20)10-14-4-6-18(28-14)15-5-3-13(23)9-16(15)24/h3-10H,1-2H3/b19-10-. The lowest BCUT2D eigenvalue weighted by Gasteiger charge is -1.98. The Hall–Kier alpha value is -3.32. The lowest BCUT2D eigenvalue weighted by Crippen LogP contribution is -2.22. The second kappa shape index (κ2) is 6.35. The Labute approximate surface area is 167 Å². The molecule has 0 atom stereocenters. The Morgan fingerprint density at radius 3 is 2.72 bits per heavy atom. The first-order valence-corrected chi connectivity index (χ1v) is 9.71. The Kier molecular flexibility index (Phi) is 3.89. The first-order valence-electron chi connectivity index (χ1n) is 8.90. The molecule has 4 nitrogen and oxygen atoms in total. The maximum Gasteiger partial charge on any atom is 0.275 e. The molecule has 0 aliphatic carbocycles. The zero-order valence-electron chi connectivity index (χ0n) is 15.5. The van der Waals surface area contributed by atoms with E-state index in [0.717, 1.165) is 28.2 Å². The van der Waals surface area contributed by atoms with Crippen LogP contribution in [0.15, 0.2) is 51.7 Å². The highest BCUT2D eigenvalue weighted by atomic mass is 32.1. The first kappa shape index (κ1) is 17.8. The molecule has 7 heteroatoms. The molecule has 3 aromatic heterocycles. The predicted molar refractivity (Wildman–Crippen MR) is 109 cm³/mol. The summed E-state index contributed by atoms with van der Waals surface area (Å²) in [7, 11) is 0. The Bertz CT molecular complexity index is 1530. The normalized spacial score (nSPS) is 12.5. The average molecular weight is 408 g/mol. The van der Waals surface area contributed by atoms with Gasteiger partial charge in [0, 0.05) is 12.1 Å². The minimum Gasteiger partial charge on any atom is -0.457 e. The van der Waals surface area contributed by atoms with Crippen molar-refractivity contribution in [1.82, 2.24) is 9.38 Å². The fourth-order valence-electron chi connectivity index (χ4n) is 3.50. The van der Waals surface area contributed by atoms with Crippen LogP contribution in [-0.4, -0.2) is 9.38 Å². The summed E-state index contributed by atoms with van der Waals surface area (Å²) in [6.07, 6.45) is 1.61. The molecule has 0 amide bonds. The third-order valence-electron chi connectivity index (χ3n) is 4.78. The van der Waals surface area contributed by atoms with E-state index in [1.165, 1.54) is 23.5 Å². The number of halogens is 2. The molecule has 5 rings (SSSR count). The average Bonchev–Trinajstić information content (AvgIpc) is 3.32. The van der Waals surface area contributed by atoms with Crippen LogP contribution in [0.2, 0.25) is 0 Å². The SMILES string of the molecule is Cc1cc(C)c2nc3s/c(=C\c4ccc(-c5ccc(F)cc5F)o4)c(=O)n3c2c1. The molecule has 5 aromatic rings. The number of benzene rings is 2. The van der Waals surface area contributed by atoms with E-state index >= 15 is 0 Å². The number of fused-ring (bicyclic) bond motifs is 3. The molecule has 0 N–H and O–H groups in total. The smallest absolute Gasteiger partial charge is 0.275 e. The molecule has 144 valence electrons. The Morgan fingerprint density at radius 2 is 1.93 bits per heavy atom. The van der Waals surface area contributed by atoms with Crippen LogP contribution in [0.5, 0.6) is 0 Å². The number of nitrogens with zero attached hydrogens (tertiary/aromatic N) is 2. The molecular formula is C22H14F2N2O2S. The number of hydrogen-bond acceptors (Lipinski definition) is 4. The zero-order chi connectivity index (χ0) is 20.3. The van der Waals surface area contributed by atoms with Crippen molar-refractivity contribution in [3.05, 3.63) is 85.9 Å². The number of thiazole rings is 1. The van der Waals surface area contributed by atoms with Crippen LogP contribution in [0, 0.1) is 25.5 Å². The second-order valence-corrected chi connectivity index (χ2v) is 7.93. The van der Waals surface area contributed by atoms with Gasteiger partial charge in [-0.3, -0.25) is 4.79 Å². The van der Waals surface area contributed by atoms with E-state index in [0.29, 0.717) is 15.3 Å². The van der Waals surface area contributed by atoms with Gasteiger partial charge in [-0.15, -0.1) is 0 Å². The lowest BCUT2D eigenvalue weighted by atomic mass is 10.1. The van der Waals surface area contributed by atoms with Crippen molar-refractivity contribution < 1.29 is 13.2 Å². The summed E-state index contributed by atoms with van der Waals surface area (Å²) in [6.45, 7) is 3.96. The fourth-order valence-corrected chi connectivity index (χ4v) is 4.46. The summed E-state index contributed by atoms with van der Waals surface area (Å²) in [6, 6.07) is 10.5. The van der Waals surface area contributed by atoms with Crippen LogP contribution in [0.1, 0.15) is 16.9 Å². The summed E-state index contributed by atoms with van der Waals surface area (Å²) < 4.78 is 34.8. The van der Waals surface area contributed by atoms with Crippen LogP contribution >= 0.6 is 11.3 Å². The van der Waals surface area contributed by atoms with E-state index < -0.39 is 11.6 Å². The third kappa shape index (κ3) is 2.86. The van der Waals surface area contributed by atoms with Gasteiger partial charge in [0.15, 0.2) is 4.96 Å². The van der Waals surface area contributed by atoms with E-state index in [1.807, 2.05) is 26.0 Å². The number of furan rings is 1. The Morgan fingerprint density at radius 1 is 1.10 bits per heavy atom. The van der Waals surface area contributed by atoms with E-state index in [-0.39, 0.29) is 16.9 Å². The first-order chi connectivity index (χ1) is 13.9. The maximum atomic E-state index is 14.0. The molecule has 0 fully saturated rings. The van der Waals surface area contributed by atoms with Gasteiger partial charge < -0.3 is 4.42 Å². The highest BCUT2D eigenvalue weighted by molar-refractivity contribution is 7.15. The van der Waals surface area contributed by atoms with Gasteiger partial charge in [-0.25, -0.2) is 18.2 Å². The summed E-state index contributed by atoms with van der Waals surface area (Å²) in [5, 5.41) is 0. The van der Waals surface area contributed by atoms with Gasteiger partial charge in [0.25, 0.3) is 5.56 Å². The van der Waals surface area contributed by atoms with Crippen LogP contribution in [0.25, 0.3) is 33.4 Å². The zero-order valence-corrected chi connectivity index (χ0v) is 16.3. The minimum atomic E-state index is -0.706. The van der Waals surface area contributed by atoms with Crippen molar-refractivity contribution in [1.29, 1.82) is 0 Å². The summed E-state index contributed by atoms with van der Waals surface area (Å²) in [5.74, 6) is -0.691. The monoisotopic (exact) mass is 408 g/mol. The van der Waals surface area contributed by atoms with Gasteiger partial charge >= 0.3 is 0 Å². The van der Waals surface area contributed by atoms with E-state index in [9.17, 15) is 13.6 Å². The summed E-state index contributed by atoms with van der Waals surface area (Å²) in [4.78, 5) is 18.2. The molecule has 3 heterocycles. The lowest BCUT2D eigenvalue weighted by molar-refractivity contribution is 0.554. The Balaban J connectivity index is 1.64. The van der Waals surface area contributed by atoms with Crippen LogP contribution in [-0.2, 0) is 0 Å². The van der Waals surface area contributed by atoms with Crippen molar-refractivity contribution in [3.63, 3.8) is 0 Å². The fraction of sp³-hybridized carbons (Fsp3) is 0.0909. The topological polar surface area (TPSA) is 47.5 Å². The molecule has 0 unspecified atom stereocenters. The van der Waals surface area contributed by atoms with Crippen molar-refractivity contribution in [2.75, 3.05) is 0 Å². The molecular weight excluding hydrogens is 394 g/mol. The molecule has 0 radical (unpaired) electrons. The quantitative estimate of drug-likeness (QED) is 0.429. The van der Waals surface area contributed by atoms with Crippen LogP contribution in [0.3, 0.4) is 0 Å². The molecule has 0 aliphatic rings. The van der Waals surface area contributed by atoms with E-state index in [4.69, 9.17) is 4.42 Å². The molecule has 0 aliphatic heterocycles. The third-order valence-corrected chi connectivity index (χ3v) is 5.75. The largest absolute Gasteiger partial charge is 0.457 e. The van der Waals surface area contributed by atoms with E-state index in [1.54, 1.807) is 22.6 Å². The van der Waals surface area contributed by atoms with Gasteiger partial charge in [0.1, 0.15) is 27.7 Å². The van der Waals surface area contributed by atoms with E-state index in [2.05, 4.69) is 4.98 Å². The van der Waals surface area contributed by atoms with Crippen molar-refractivity contribution in [3.8, 4) is 11.3 Å². The number of aromatic nitrogens is 2. The number of hydrogen-bond donors (Lipinski definition) is 0. The van der Waals surface area contributed by atoms with Gasteiger partial charge in [0.05, 0.1) is 16.6 Å². The maximum absolute atomic E-state index is 14.0. The number of aryl methyl sites for hydroxylation is 2. The molecule has 0 spiro atoms. The molecule has 0 bridgehead atoms. The molecule has 0 saturated heterocycles. The van der Waals surface area contributed by atoms with Crippen molar-refractivity contribution in [2.24, 2.45) is 0 Å². The molecule has 29 heavy (non-hydrogen) atoms. The summed E-state index contributed by atoms with van der Waals surface area (Å²) in [5.41, 5.74) is 3.67. The number of rotatable bonds is 2. The van der Waals surface area contributed by atoms with Gasteiger partial charge in [-0.1, -0.05) is 17.4 Å². The number of imidazole rings is 1. The van der Waals surface area contributed by atoms with Crippen LogP contribution < -0.4 is 10.1 Å². The van der Waals surface area contributed by atoms with Crippen molar-refractivity contribution in [2.45, 2.75) is 13.8 Å². The predicted octanol–water partition coefficient (Wildman–Crippen LogP) is 4.61. The van der Waals surface area contributed by atoms with Crippen molar-refractivity contribution >= 4 is 33.4 Å². The molecule has 0 saturated carbocycles. The molecule has 2 aromatic carbocycles. The second-order valence-electron chi connectivity index (χ2n) is 6.92. The van der Waals surface area contributed by atoms with Crippen LogP contribution in [0.4, 0.5) is 8.78 Å². The summed E-state index contributed by atoms with van der Waals surface area (Å²) >= 11 is 1.27. The van der Waals surface area contributed by atoms with Gasteiger partial charge in [-0.2, -0.15) is 0 Å².